The zero-order valence-electron chi connectivity index (χ0n) is 14.4. The van der Waals surface area contributed by atoms with Crippen molar-refractivity contribution >= 4 is 21.4 Å². The van der Waals surface area contributed by atoms with Gasteiger partial charge in [0.2, 0.25) is 0 Å². The van der Waals surface area contributed by atoms with Gasteiger partial charge in [0.25, 0.3) is 0 Å². The van der Waals surface area contributed by atoms with Gasteiger partial charge in [-0.25, -0.2) is 9.67 Å². The second kappa shape index (κ2) is 6.67. The van der Waals surface area contributed by atoms with E-state index in [0.29, 0.717) is 6.04 Å². The van der Waals surface area contributed by atoms with E-state index in [1.54, 1.807) is 0 Å². The summed E-state index contributed by atoms with van der Waals surface area (Å²) in [6.07, 6.45) is 7.24. The zero-order chi connectivity index (χ0) is 17.3. The number of benzene rings is 1. The number of aromatic nitrogens is 3. The Morgan fingerprint density at radius 1 is 1.15 bits per heavy atom. The van der Waals surface area contributed by atoms with Crippen molar-refractivity contribution in [1.82, 2.24) is 20.1 Å². The van der Waals surface area contributed by atoms with Gasteiger partial charge in [-0.1, -0.05) is 24.3 Å². The molecular formula is C21H20N4S. The molecule has 1 aliphatic rings. The van der Waals surface area contributed by atoms with E-state index < -0.39 is 0 Å². The molecule has 0 saturated carbocycles. The first-order valence-electron chi connectivity index (χ1n) is 9.07. The quantitative estimate of drug-likeness (QED) is 0.576. The van der Waals surface area contributed by atoms with Crippen molar-refractivity contribution < 1.29 is 0 Å². The molecule has 1 unspecified atom stereocenters. The number of rotatable bonds is 4. The molecule has 5 heteroatoms. The molecule has 1 aliphatic carbocycles. The zero-order valence-corrected chi connectivity index (χ0v) is 15.2. The third-order valence-corrected chi connectivity index (χ3v) is 6.16. The number of hydrogen-bond acceptors (Lipinski definition) is 4. The van der Waals surface area contributed by atoms with Gasteiger partial charge in [0.05, 0.1) is 11.9 Å². The molecule has 26 heavy (non-hydrogen) atoms. The average Bonchev–Trinajstić information content (AvgIpc) is 3.31. The van der Waals surface area contributed by atoms with Crippen molar-refractivity contribution in [2.75, 3.05) is 0 Å². The summed E-state index contributed by atoms with van der Waals surface area (Å²) in [5, 5.41) is 9.72. The Morgan fingerprint density at radius 3 is 2.96 bits per heavy atom. The summed E-state index contributed by atoms with van der Waals surface area (Å²) in [4.78, 5) is 5.84. The van der Waals surface area contributed by atoms with Crippen LogP contribution in [0.25, 0.3) is 15.9 Å². The maximum atomic E-state index is 4.62. The third kappa shape index (κ3) is 2.83. The number of thiophene rings is 1. The summed E-state index contributed by atoms with van der Waals surface area (Å²) < 4.78 is 3.36. The molecular weight excluding hydrogens is 340 g/mol. The third-order valence-electron chi connectivity index (χ3n) is 5.05. The van der Waals surface area contributed by atoms with E-state index in [2.05, 4.69) is 45.7 Å². The van der Waals surface area contributed by atoms with Crippen LogP contribution in [0.4, 0.5) is 0 Å². The fourth-order valence-corrected chi connectivity index (χ4v) is 4.81. The molecule has 0 amide bonds. The molecule has 0 aliphatic heterocycles. The van der Waals surface area contributed by atoms with E-state index in [9.17, 15) is 0 Å². The normalized spacial score (nSPS) is 16.7. The minimum absolute atomic E-state index is 0.362. The van der Waals surface area contributed by atoms with Crippen LogP contribution in [0.2, 0.25) is 0 Å². The van der Waals surface area contributed by atoms with Gasteiger partial charge in [-0.05, 0) is 48.9 Å². The van der Waals surface area contributed by atoms with Gasteiger partial charge in [-0.2, -0.15) is 5.10 Å². The summed E-state index contributed by atoms with van der Waals surface area (Å²) >= 11 is 1.88. The SMILES string of the molecule is c1ccc(-n2ncc3c2CCCC3NCc2cc3ccccc3s2)nc1. The Balaban J connectivity index is 1.38. The van der Waals surface area contributed by atoms with Gasteiger partial charge in [-0.3, -0.25) is 0 Å². The molecule has 3 heterocycles. The lowest BCUT2D eigenvalue weighted by molar-refractivity contribution is 0.456. The molecule has 0 spiro atoms. The first-order chi connectivity index (χ1) is 12.9. The summed E-state index contributed by atoms with van der Waals surface area (Å²) in [7, 11) is 0. The van der Waals surface area contributed by atoms with E-state index in [4.69, 9.17) is 0 Å². The van der Waals surface area contributed by atoms with Crippen LogP contribution in [-0.4, -0.2) is 14.8 Å². The Morgan fingerprint density at radius 2 is 2.08 bits per heavy atom. The van der Waals surface area contributed by atoms with Crippen molar-refractivity contribution in [3.05, 3.63) is 77.1 Å². The van der Waals surface area contributed by atoms with Crippen LogP contribution in [0, 0.1) is 0 Å². The van der Waals surface area contributed by atoms with E-state index in [-0.39, 0.29) is 0 Å². The maximum absolute atomic E-state index is 4.62. The van der Waals surface area contributed by atoms with Gasteiger partial charge < -0.3 is 5.32 Å². The summed E-state index contributed by atoms with van der Waals surface area (Å²) in [6, 6.07) is 17.2. The minimum Gasteiger partial charge on any atom is -0.305 e. The molecule has 4 nitrogen and oxygen atoms in total. The lowest BCUT2D eigenvalue weighted by Crippen LogP contribution is -2.24. The van der Waals surface area contributed by atoms with E-state index in [1.165, 1.54) is 32.6 Å². The molecule has 130 valence electrons. The highest BCUT2D eigenvalue weighted by molar-refractivity contribution is 7.19. The van der Waals surface area contributed by atoms with Crippen LogP contribution in [-0.2, 0) is 13.0 Å². The van der Waals surface area contributed by atoms with Crippen molar-refractivity contribution in [3.8, 4) is 5.82 Å². The molecule has 5 rings (SSSR count). The predicted molar refractivity (Wildman–Crippen MR) is 106 cm³/mol. The molecule has 0 saturated heterocycles. The second-order valence-electron chi connectivity index (χ2n) is 6.72. The van der Waals surface area contributed by atoms with Crippen molar-refractivity contribution in [1.29, 1.82) is 0 Å². The molecule has 0 fully saturated rings. The maximum Gasteiger partial charge on any atom is 0.153 e. The van der Waals surface area contributed by atoms with E-state index >= 15 is 0 Å². The first-order valence-corrected chi connectivity index (χ1v) is 9.89. The van der Waals surface area contributed by atoms with Crippen LogP contribution < -0.4 is 5.32 Å². The van der Waals surface area contributed by atoms with Gasteiger partial charge in [0.15, 0.2) is 5.82 Å². The van der Waals surface area contributed by atoms with E-state index in [1.807, 2.05) is 46.6 Å². The fourth-order valence-electron chi connectivity index (χ4n) is 3.79. The van der Waals surface area contributed by atoms with Crippen LogP contribution in [0.5, 0.6) is 0 Å². The molecule has 4 aromatic rings. The summed E-state index contributed by atoms with van der Waals surface area (Å²) in [5.41, 5.74) is 2.62. The number of pyridine rings is 1. The van der Waals surface area contributed by atoms with E-state index in [0.717, 1.165) is 25.2 Å². The van der Waals surface area contributed by atoms with Crippen LogP contribution >= 0.6 is 11.3 Å². The molecule has 1 aromatic carbocycles. The molecule has 1 N–H and O–H groups in total. The lowest BCUT2D eigenvalue weighted by Gasteiger charge is -2.24. The smallest absolute Gasteiger partial charge is 0.153 e. The number of fused-ring (bicyclic) bond motifs is 2. The van der Waals surface area contributed by atoms with Crippen LogP contribution in [0.1, 0.15) is 35.0 Å². The number of hydrogen-bond donors (Lipinski definition) is 1. The average molecular weight is 360 g/mol. The lowest BCUT2D eigenvalue weighted by atomic mass is 9.93. The summed E-state index contributed by atoms with van der Waals surface area (Å²) in [5.74, 6) is 0.902. The highest BCUT2D eigenvalue weighted by Gasteiger charge is 2.24. The second-order valence-corrected chi connectivity index (χ2v) is 7.89. The van der Waals surface area contributed by atoms with Crippen LogP contribution in [0.15, 0.2) is 60.9 Å². The Labute approximate surface area is 156 Å². The van der Waals surface area contributed by atoms with Crippen molar-refractivity contribution in [3.63, 3.8) is 0 Å². The standard InChI is InChI=1S/C21H20N4S/c1-2-9-20-15(6-1)12-16(26-20)13-23-18-7-5-8-19-17(18)14-24-25(19)21-10-3-4-11-22-21/h1-4,6,9-12,14,18,23H,5,7-8,13H2. The monoisotopic (exact) mass is 360 g/mol. The largest absolute Gasteiger partial charge is 0.305 e. The van der Waals surface area contributed by atoms with Gasteiger partial charge in [-0.15, -0.1) is 11.3 Å². The predicted octanol–water partition coefficient (Wildman–Crippen LogP) is 4.65. The highest BCUT2D eigenvalue weighted by atomic mass is 32.1. The number of nitrogens with one attached hydrogen (secondary N) is 1. The van der Waals surface area contributed by atoms with Gasteiger partial charge in [0, 0.05) is 33.9 Å². The highest BCUT2D eigenvalue weighted by Crippen LogP contribution is 2.32. The molecule has 1 atom stereocenters. The first kappa shape index (κ1) is 15.7. The van der Waals surface area contributed by atoms with Crippen LogP contribution in [0.3, 0.4) is 0 Å². The molecule has 3 aromatic heterocycles. The summed E-state index contributed by atoms with van der Waals surface area (Å²) in [6.45, 7) is 0.901. The Hall–Kier alpha value is -2.50. The minimum atomic E-state index is 0.362. The Bertz CT molecular complexity index is 1000. The van der Waals surface area contributed by atoms with Crippen molar-refractivity contribution in [2.24, 2.45) is 0 Å². The number of nitrogens with zero attached hydrogens (tertiary/aromatic N) is 3. The van der Waals surface area contributed by atoms with Gasteiger partial charge in [0.1, 0.15) is 0 Å². The van der Waals surface area contributed by atoms with Crippen molar-refractivity contribution in [2.45, 2.75) is 31.8 Å². The molecule has 0 bridgehead atoms. The Kier molecular flexibility index (Phi) is 4.03. The van der Waals surface area contributed by atoms with Gasteiger partial charge >= 0.3 is 0 Å². The fraction of sp³-hybridized carbons (Fsp3) is 0.238. The topological polar surface area (TPSA) is 42.7 Å². The molecule has 0 radical (unpaired) electrons.